The molecule has 0 amide bonds. The Bertz CT molecular complexity index is 1090. The van der Waals surface area contributed by atoms with Gasteiger partial charge in [0.05, 0.1) is 18.0 Å². The van der Waals surface area contributed by atoms with Crippen LogP contribution in [0, 0.1) is 12.7 Å². The van der Waals surface area contributed by atoms with Crippen molar-refractivity contribution in [2.24, 2.45) is 0 Å². The first-order chi connectivity index (χ1) is 13.1. The lowest BCUT2D eigenvalue weighted by molar-refractivity contribution is 0.276. The molecule has 0 aliphatic heterocycles. The van der Waals surface area contributed by atoms with Gasteiger partial charge in [0.1, 0.15) is 17.5 Å². The molecule has 2 heterocycles. The molecule has 2 aromatic carbocycles. The first-order valence-corrected chi connectivity index (χ1v) is 8.56. The van der Waals surface area contributed by atoms with E-state index in [0.717, 1.165) is 16.6 Å². The molecule has 7 heteroatoms. The standard InChI is InChI=1S/C20H18FN5O/c1-12-9-18(26-25-12)23-19-15-7-2-3-8-17(15)22-20(24-19)16(11-27)13-5-4-6-14(21)10-13/h2-10,16,27H,11H2,1H3,(H2,22,23,24,25,26). The first kappa shape index (κ1) is 17.1. The van der Waals surface area contributed by atoms with Gasteiger partial charge >= 0.3 is 0 Å². The van der Waals surface area contributed by atoms with Crippen LogP contribution in [0.1, 0.15) is 23.0 Å². The highest BCUT2D eigenvalue weighted by Crippen LogP contribution is 2.28. The Hall–Kier alpha value is -3.32. The summed E-state index contributed by atoms with van der Waals surface area (Å²) in [6.45, 7) is 1.68. The van der Waals surface area contributed by atoms with E-state index in [1.165, 1.54) is 12.1 Å². The van der Waals surface area contributed by atoms with Gasteiger partial charge in [-0.05, 0) is 36.8 Å². The largest absolute Gasteiger partial charge is 0.395 e. The van der Waals surface area contributed by atoms with E-state index in [0.29, 0.717) is 23.0 Å². The number of aromatic nitrogens is 4. The van der Waals surface area contributed by atoms with Gasteiger partial charge in [-0.25, -0.2) is 14.4 Å². The lowest BCUT2D eigenvalue weighted by Crippen LogP contribution is -2.12. The van der Waals surface area contributed by atoms with Crippen LogP contribution >= 0.6 is 0 Å². The van der Waals surface area contributed by atoms with Crippen LogP contribution in [0.15, 0.2) is 54.6 Å². The maximum Gasteiger partial charge on any atom is 0.153 e. The van der Waals surface area contributed by atoms with Crippen LogP contribution in [0.4, 0.5) is 16.0 Å². The Labute approximate surface area is 155 Å². The van der Waals surface area contributed by atoms with Crippen molar-refractivity contribution < 1.29 is 9.50 Å². The van der Waals surface area contributed by atoms with E-state index >= 15 is 0 Å². The maximum absolute atomic E-state index is 13.7. The summed E-state index contributed by atoms with van der Waals surface area (Å²) in [5.41, 5.74) is 2.27. The summed E-state index contributed by atoms with van der Waals surface area (Å²) in [4.78, 5) is 9.22. The summed E-state index contributed by atoms with van der Waals surface area (Å²) in [7, 11) is 0. The van der Waals surface area contributed by atoms with E-state index in [4.69, 9.17) is 0 Å². The number of fused-ring (bicyclic) bond motifs is 1. The molecule has 1 unspecified atom stereocenters. The van der Waals surface area contributed by atoms with Gasteiger partial charge in [-0.3, -0.25) is 5.10 Å². The van der Waals surface area contributed by atoms with Crippen LogP contribution in [-0.4, -0.2) is 31.9 Å². The third-order valence-corrected chi connectivity index (χ3v) is 4.32. The lowest BCUT2D eigenvalue weighted by Gasteiger charge is -2.16. The summed E-state index contributed by atoms with van der Waals surface area (Å²) < 4.78 is 13.7. The summed E-state index contributed by atoms with van der Waals surface area (Å²) >= 11 is 0. The minimum Gasteiger partial charge on any atom is -0.395 e. The number of aliphatic hydroxyl groups excluding tert-OH is 1. The lowest BCUT2D eigenvalue weighted by atomic mass is 9.98. The van der Waals surface area contributed by atoms with Gasteiger partial charge in [-0.2, -0.15) is 5.10 Å². The zero-order valence-electron chi connectivity index (χ0n) is 14.6. The summed E-state index contributed by atoms with van der Waals surface area (Å²) in [6, 6.07) is 15.6. The quantitative estimate of drug-likeness (QED) is 0.504. The van der Waals surface area contributed by atoms with E-state index in [1.54, 1.807) is 12.1 Å². The number of anilines is 2. The second-order valence-electron chi connectivity index (χ2n) is 6.30. The van der Waals surface area contributed by atoms with Crippen molar-refractivity contribution in [2.75, 3.05) is 11.9 Å². The molecule has 0 bridgehead atoms. The van der Waals surface area contributed by atoms with Gasteiger partial charge in [0.15, 0.2) is 5.82 Å². The Balaban J connectivity index is 1.83. The fourth-order valence-electron chi connectivity index (χ4n) is 3.01. The molecule has 4 rings (SSSR count). The molecule has 0 saturated carbocycles. The summed E-state index contributed by atoms with van der Waals surface area (Å²) in [5.74, 6) is 0.728. The normalized spacial score (nSPS) is 12.3. The number of nitrogens with one attached hydrogen (secondary N) is 2. The van der Waals surface area contributed by atoms with Gasteiger partial charge in [-0.1, -0.05) is 24.3 Å². The molecule has 2 aromatic heterocycles. The Kier molecular flexibility index (Phi) is 4.52. The average Bonchev–Trinajstić information content (AvgIpc) is 3.07. The minimum absolute atomic E-state index is 0.233. The van der Waals surface area contributed by atoms with Crippen LogP contribution < -0.4 is 5.32 Å². The zero-order chi connectivity index (χ0) is 18.8. The van der Waals surface area contributed by atoms with Crippen molar-refractivity contribution in [3.8, 4) is 0 Å². The first-order valence-electron chi connectivity index (χ1n) is 8.56. The van der Waals surface area contributed by atoms with Crippen molar-refractivity contribution in [1.29, 1.82) is 0 Å². The highest BCUT2D eigenvalue weighted by Gasteiger charge is 2.19. The summed E-state index contributed by atoms with van der Waals surface area (Å²) in [6.07, 6.45) is 0. The fraction of sp³-hybridized carbons (Fsp3) is 0.150. The molecule has 27 heavy (non-hydrogen) atoms. The van der Waals surface area contributed by atoms with Crippen molar-refractivity contribution in [3.63, 3.8) is 0 Å². The number of halogens is 1. The predicted molar refractivity (Wildman–Crippen MR) is 101 cm³/mol. The number of rotatable bonds is 5. The SMILES string of the molecule is Cc1cc(Nc2nc(C(CO)c3cccc(F)c3)nc3ccccc23)n[nH]1. The molecule has 4 aromatic rings. The molecule has 0 spiro atoms. The van der Waals surface area contributed by atoms with Gasteiger partial charge in [-0.15, -0.1) is 0 Å². The molecule has 6 nitrogen and oxygen atoms in total. The zero-order valence-corrected chi connectivity index (χ0v) is 14.6. The van der Waals surface area contributed by atoms with Crippen molar-refractivity contribution in [1.82, 2.24) is 20.2 Å². The van der Waals surface area contributed by atoms with E-state index in [2.05, 4.69) is 25.5 Å². The molecule has 0 fully saturated rings. The molecule has 1 atom stereocenters. The van der Waals surface area contributed by atoms with E-state index in [1.807, 2.05) is 37.3 Å². The topological polar surface area (TPSA) is 86.7 Å². The molecule has 0 aliphatic carbocycles. The third kappa shape index (κ3) is 3.50. The number of H-pyrrole nitrogens is 1. The number of para-hydroxylation sites is 1. The van der Waals surface area contributed by atoms with Gasteiger partial charge < -0.3 is 10.4 Å². The monoisotopic (exact) mass is 363 g/mol. The fourth-order valence-corrected chi connectivity index (χ4v) is 3.01. The van der Waals surface area contributed by atoms with Crippen LogP contribution in [0.2, 0.25) is 0 Å². The van der Waals surface area contributed by atoms with Crippen LogP contribution in [0.3, 0.4) is 0 Å². The average molecular weight is 363 g/mol. The number of hydrogen-bond acceptors (Lipinski definition) is 5. The van der Waals surface area contributed by atoms with Gasteiger partial charge in [0, 0.05) is 17.1 Å². The number of nitrogens with zero attached hydrogens (tertiary/aromatic N) is 3. The minimum atomic E-state index is -0.535. The molecule has 136 valence electrons. The van der Waals surface area contributed by atoms with E-state index in [9.17, 15) is 9.50 Å². The van der Waals surface area contributed by atoms with Crippen molar-refractivity contribution in [3.05, 3.63) is 77.5 Å². The van der Waals surface area contributed by atoms with Gasteiger partial charge in [0.25, 0.3) is 0 Å². The van der Waals surface area contributed by atoms with Crippen molar-refractivity contribution >= 4 is 22.5 Å². The molecule has 0 radical (unpaired) electrons. The van der Waals surface area contributed by atoms with E-state index < -0.39 is 5.92 Å². The Morgan fingerprint density at radius 1 is 1.11 bits per heavy atom. The number of aromatic amines is 1. The Morgan fingerprint density at radius 2 is 1.96 bits per heavy atom. The van der Waals surface area contributed by atoms with E-state index in [-0.39, 0.29) is 12.4 Å². The number of hydrogen-bond donors (Lipinski definition) is 3. The number of benzene rings is 2. The van der Waals surface area contributed by atoms with Crippen LogP contribution in [0.25, 0.3) is 10.9 Å². The molecule has 0 saturated heterocycles. The maximum atomic E-state index is 13.7. The molecular formula is C20H18FN5O. The smallest absolute Gasteiger partial charge is 0.153 e. The van der Waals surface area contributed by atoms with Crippen LogP contribution in [-0.2, 0) is 0 Å². The predicted octanol–water partition coefficient (Wildman–Crippen LogP) is 3.67. The highest BCUT2D eigenvalue weighted by atomic mass is 19.1. The second kappa shape index (κ2) is 7.13. The number of aliphatic hydroxyl groups is 1. The Morgan fingerprint density at radius 3 is 2.70 bits per heavy atom. The molecule has 0 aliphatic rings. The molecular weight excluding hydrogens is 345 g/mol. The number of aryl methyl sites for hydroxylation is 1. The summed E-state index contributed by atoms with van der Waals surface area (Å²) in [5, 5.41) is 21.0. The van der Waals surface area contributed by atoms with Crippen LogP contribution in [0.5, 0.6) is 0 Å². The molecule has 3 N–H and O–H groups in total. The highest BCUT2D eigenvalue weighted by molar-refractivity contribution is 5.90. The van der Waals surface area contributed by atoms with Crippen molar-refractivity contribution in [2.45, 2.75) is 12.8 Å². The third-order valence-electron chi connectivity index (χ3n) is 4.32. The second-order valence-corrected chi connectivity index (χ2v) is 6.30. The van der Waals surface area contributed by atoms with Gasteiger partial charge in [0.2, 0.25) is 0 Å².